The third-order valence-corrected chi connectivity index (χ3v) is 4.25. The number of ether oxygens (including phenoxy) is 2. The zero-order valence-electron chi connectivity index (χ0n) is 13.2. The summed E-state index contributed by atoms with van der Waals surface area (Å²) in [5.74, 6) is -0.273. The summed E-state index contributed by atoms with van der Waals surface area (Å²) in [5, 5.41) is 6.24. The summed E-state index contributed by atoms with van der Waals surface area (Å²) < 4.78 is 19.9. The van der Waals surface area contributed by atoms with Gasteiger partial charge in [0.15, 0.2) is 5.76 Å². The summed E-state index contributed by atoms with van der Waals surface area (Å²) in [6, 6.07) is 6.22. The molecule has 0 spiro atoms. The highest BCUT2D eigenvalue weighted by molar-refractivity contribution is 5.85. The van der Waals surface area contributed by atoms with Gasteiger partial charge in [-0.3, -0.25) is 0 Å². The third-order valence-electron chi connectivity index (χ3n) is 4.25. The second-order valence-electron chi connectivity index (χ2n) is 5.96. The lowest BCUT2D eigenvalue weighted by molar-refractivity contribution is -0.199. The molecule has 2 unspecified atom stereocenters. The number of rotatable bonds is 4. The molecule has 0 aliphatic carbocycles. The molecule has 1 aromatic carbocycles. The fourth-order valence-corrected chi connectivity index (χ4v) is 3.03. The number of aromatic nitrogens is 3. The molecule has 6 heteroatoms. The molecule has 4 rings (SSSR count). The average Bonchev–Trinajstić information content (AvgIpc) is 3.26. The maximum Gasteiger partial charge on any atom is 0.249 e. The van der Waals surface area contributed by atoms with Gasteiger partial charge < -0.3 is 13.9 Å². The number of aryl methyl sites for hydroxylation is 1. The van der Waals surface area contributed by atoms with Gasteiger partial charge in [-0.2, -0.15) is 5.10 Å². The van der Waals surface area contributed by atoms with Gasteiger partial charge >= 0.3 is 0 Å². The number of hydrogen-bond donors (Lipinski definition) is 0. The predicted molar refractivity (Wildman–Crippen MR) is 83.8 cm³/mol. The second-order valence-corrected chi connectivity index (χ2v) is 5.96. The molecule has 0 bridgehead atoms. The highest BCUT2D eigenvalue weighted by Crippen LogP contribution is 2.41. The molecule has 23 heavy (non-hydrogen) atoms. The Morgan fingerprint density at radius 3 is 3.04 bits per heavy atom. The molecule has 1 fully saturated rings. The molecule has 1 aliphatic rings. The minimum absolute atomic E-state index is 0.0455. The summed E-state index contributed by atoms with van der Waals surface area (Å²) >= 11 is 0. The lowest BCUT2D eigenvalue weighted by Crippen LogP contribution is -2.33. The van der Waals surface area contributed by atoms with Crippen molar-refractivity contribution in [1.82, 2.24) is 14.8 Å². The molecule has 0 amide bonds. The van der Waals surface area contributed by atoms with Gasteiger partial charge in [-0.05, 0) is 19.4 Å². The SMILES string of the molecule is CCC1COC(Cn2cncn2)(c2occ3cc(C)ccc23)O1. The number of benzene rings is 1. The fourth-order valence-electron chi connectivity index (χ4n) is 3.03. The fraction of sp³-hybridized carbons (Fsp3) is 0.412. The van der Waals surface area contributed by atoms with Crippen LogP contribution in [0.4, 0.5) is 0 Å². The van der Waals surface area contributed by atoms with Crippen LogP contribution in [0.15, 0.2) is 41.5 Å². The van der Waals surface area contributed by atoms with Crippen molar-refractivity contribution >= 4 is 10.8 Å². The monoisotopic (exact) mass is 313 g/mol. The molecule has 3 aromatic rings. The number of fused-ring (bicyclic) bond motifs is 1. The van der Waals surface area contributed by atoms with E-state index in [0.29, 0.717) is 18.9 Å². The van der Waals surface area contributed by atoms with E-state index in [4.69, 9.17) is 13.9 Å². The molecule has 0 N–H and O–H groups in total. The second kappa shape index (κ2) is 5.47. The Bertz CT molecular complexity index is 812. The first-order valence-electron chi connectivity index (χ1n) is 7.83. The number of furan rings is 1. The van der Waals surface area contributed by atoms with Gasteiger partial charge in [0.05, 0.1) is 19.0 Å². The van der Waals surface area contributed by atoms with Crippen LogP contribution in [0.5, 0.6) is 0 Å². The average molecular weight is 313 g/mol. The normalized spacial score (nSPS) is 24.5. The maximum absolute atomic E-state index is 6.25. The molecule has 3 heterocycles. The van der Waals surface area contributed by atoms with Crippen molar-refractivity contribution in [2.45, 2.75) is 38.7 Å². The summed E-state index contributed by atoms with van der Waals surface area (Å²) in [6.07, 6.45) is 5.85. The van der Waals surface area contributed by atoms with Crippen LogP contribution < -0.4 is 0 Å². The zero-order chi connectivity index (χ0) is 15.9. The molecule has 1 aliphatic heterocycles. The van der Waals surface area contributed by atoms with Crippen molar-refractivity contribution in [3.05, 3.63) is 48.4 Å². The van der Waals surface area contributed by atoms with Crippen LogP contribution in [0.1, 0.15) is 24.7 Å². The van der Waals surface area contributed by atoms with Gasteiger partial charge in [-0.1, -0.05) is 24.6 Å². The molecule has 120 valence electrons. The lowest BCUT2D eigenvalue weighted by atomic mass is 10.1. The first kappa shape index (κ1) is 14.4. The van der Waals surface area contributed by atoms with E-state index in [0.717, 1.165) is 17.2 Å². The Kier molecular flexibility index (Phi) is 3.43. The minimum atomic E-state index is -0.967. The molecular formula is C17H19N3O3. The largest absolute Gasteiger partial charge is 0.462 e. The Hall–Kier alpha value is -2.18. The topological polar surface area (TPSA) is 62.3 Å². The minimum Gasteiger partial charge on any atom is -0.462 e. The third kappa shape index (κ3) is 2.44. The van der Waals surface area contributed by atoms with E-state index in [1.165, 1.54) is 11.9 Å². The molecule has 0 radical (unpaired) electrons. The summed E-state index contributed by atoms with van der Waals surface area (Å²) in [7, 11) is 0. The van der Waals surface area contributed by atoms with E-state index < -0.39 is 5.79 Å². The highest BCUT2D eigenvalue weighted by Gasteiger charge is 2.47. The van der Waals surface area contributed by atoms with Gasteiger partial charge in [-0.25, -0.2) is 9.67 Å². The first-order valence-corrected chi connectivity index (χ1v) is 7.83. The van der Waals surface area contributed by atoms with Crippen LogP contribution in [-0.2, 0) is 21.8 Å². The predicted octanol–water partition coefficient (Wildman–Crippen LogP) is 3.01. The van der Waals surface area contributed by atoms with E-state index in [-0.39, 0.29) is 6.10 Å². The van der Waals surface area contributed by atoms with Crippen LogP contribution in [0, 0.1) is 6.92 Å². The van der Waals surface area contributed by atoms with Gasteiger partial charge in [0.1, 0.15) is 19.2 Å². The Morgan fingerprint density at radius 2 is 2.30 bits per heavy atom. The molecule has 2 aromatic heterocycles. The van der Waals surface area contributed by atoms with Crippen molar-refractivity contribution in [1.29, 1.82) is 0 Å². The Morgan fingerprint density at radius 1 is 1.39 bits per heavy atom. The molecule has 6 nitrogen and oxygen atoms in total. The van der Waals surface area contributed by atoms with Crippen LogP contribution in [0.25, 0.3) is 10.8 Å². The maximum atomic E-state index is 6.25. The van der Waals surface area contributed by atoms with Gasteiger partial charge in [0, 0.05) is 10.8 Å². The highest BCUT2D eigenvalue weighted by atomic mass is 16.8. The van der Waals surface area contributed by atoms with Crippen LogP contribution in [0.2, 0.25) is 0 Å². The summed E-state index contributed by atoms with van der Waals surface area (Å²) in [5.41, 5.74) is 1.19. The summed E-state index contributed by atoms with van der Waals surface area (Å²) in [4.78, 5) is 4.00. The van der Waals surface area contributed by atoms with Crippen LogP contribution >= 0.6 is 0 Å². The van der Waals surface area contributed by atoms with Crippen LogP contribution in [-0.4, -0.2) is 27.5 Å². The standard InChI is InChI=1S/C17H19N3O3/c1-3-14-8-22-17(23-14,9-20-11-18-10-19-20)16-15-5-4-12(2)6-13(15)7-21-16/h4-7,10-11,14H,3,8-9H2,1-2H3. The van der Waals surface area contributed by atoms with Crippen molar-refractivity contribution in [2.75, 3.05) is 6.61 Å². The molecule has 0 saturated carbocycles. The first-order chi connectivity index (χ1) is 11.2. The molecular weight excluding hydrogens is 294 g/mol. The van der Waals surface area contributed by atoms with Gasteiger partial charge in [0.25, 0.3) is 0 Å². The van der Waals surface area contributed by atoms with Crippen molar-refractivity contribution in [2.24, 2.45) is 0 Å². The molecule has 1 saturated heterocycles. The van der Waals surface area contributed by atoms with Gasteiger partial charge in [-0.15, -0.1) is 0 Å². The van der Waals surface area contributed by atoms with E-state index in [2.05, 4.69) is 42.1 Å². The lowest BCUT2D eigenvalue weighted by Gasteiger charge is -2.26. The number of nitrogens with zero attached hydrogens (tertiary/aromatic N) is 3. The van der Waals surface area contributed by atoms with E-state index in [1.807, 2.05) is 0 Å². The van der Waals surface area contributed by atoms with Gasteiger partial charge in [0.2, 0.25) is 5.79 Å². The quantitative estimate of drug-likeness (QED) is 0.741. The number of hydrogen-bond acceptors (Lipinski definition) is 5. The summed E-state index contributed by atoms with van der Waals surface area (Å²) in [6.45, 7) is 5.09. The van der Waals surface area contributed by atoms with E-state index in [1.54, 1.807) is 17.3 Å². The zero-order valence-corrected chi connectivity index (χ0v) is 13.2. The van der Waals surface area contributed by atoms with Crippen molar-refractivity contribution < 1.29 is 13.9 Å². The smallest absolute Gasteiger partial charge is 0.249 e. The van der Waals surface area contributed by atoms with Crippen molar-refractivity contribution in [3.8, 4) is 0 Å². The molecule has 2 atom stereocenters. The Balaban J connectivity index is 1.80. The van der Waals surface area contributed by atoms with Crippen molar-refractivity contribution in [3.63, 3.8) is 0 Å². The van der Waals surface area contributed by atoms with E-state index in [9.17, 15) is 0 Å². The van der Waals surface area contributed by atoms with E-state index >= 15 is 0 Å². The van der Waals surface area contributed by atoms with Crippen LogP contribution in [0.3, 0.4) is 0 Å². The Labute approximate surface area is 134 Å².